The van der Waals surface area contributed by atoms with Gasteiger partial charge in [0, 0.05) is 11.3 Å². The Morgan fingerprint density at radius 2 is 1.58 bits per heavy atom. The van der Waals surface area contributed by atoms with Gasteiger partial charge in [0.1, 0.15) is 0 Å². The van der Waals surface area contributed by atoms with Gasteiger partial charge >= 0.3 is 12.2 Å². The number of hydrogen-bond donors (Lipinski definition) is 4. The fourth-order valence-corrected chi connectivity index (χ4v) is 1.74. The van der Waals surface area contributed by atoms with Crippen LogP contribution in [-0.4, -0.2) is 11.9 Å². The zero-order valence-corrected chi connectivity index (χ0v) is 12.1. The lowest BCUT2D eigenvalue weighted by molar-refractivity contribution is -0.137. The Kier molecular flexibility index (Phi) is 5.38. The van der Waals surface area contributed by atoms with Crippen molar-refractivity contribution in [2.45, 2.75) is 6.18 Å². The lowest BCUT2D eigenvalue weighted by Crippen LogP contribution is -2.50. The van der Waals surface area contributed by atoms with Crippen molar-refractivity contribution in [1.29, 1.82) is 0 Å². The molecule has 0 bridgehead atoms. The first-order chi connectivity index (χ1) is 11.4. The molecular formula is C15H13F3N4O2. The molecule has 3 amide bonds. The zero-order chi connectivity index (χ0) is 17.6. The molecule has 9 heteroatoms. The number of carbonyl (C=O) groups is 2. The van der Waals surface area contributed by atoms with Crippen LogP contribution >= 0.6 is 0 Å². The molecule has 0 heterocycles. The molecule has 0 saturated carbocycles. The van der Waals surface area contributed by atoms with Crippen LogP contribution in [0.15, 0.2) is 54.6 Å². The van der Waals surface area contributed by atoms with Gasteiger partial charge in [0.05, 0.1) is 5.56 Å². The maximum Gasteiger partial charge on any atom is 0.416 e. The fraction of sp³-hybridized carbons (Fsp3) is 0.0667. The number of rotatable bonds is 4. The summed E-state index contributed by atoms with van der Waals surface area (Å²) in [4.78, 5) is 23.2. The topological polar surface area (TPSA) is 82.3 Å². The molecule has 0 aliphatic heterocycles. The van der Waals surface area contributed by atoms with Gasteiger partial charge in [0.15, 0.2) is 0 Å². The van der Waals surface area contributed by atoms with Crippen molar-refractivity contribution in [3.8, 4) is 0 Å². The second-order valence-electron chi connectivity index (χ2n) is 4.60. The normalized spacial score (nSPS) is 10.8. The van der Waals surface area contributed by atoms with E-state index in [4.69, 9.17) is 0 Å². The summed E-state index contributed by atoms with van der Waals surface area (Å²) in [6.45, 7) is 0. The van der Waals surface area contributed by atoms with Crippen LogP contribution in [0.25, 0.3) is 0 Å². The van der Waals surface area contributed by atoms with Crippen molar-refractivity contribution < 1.29 is 22.8 Å². The number of benzene rings is 2. The number of anilines is 1. The van der Waals surface area contributed by atoms with Crippen LogP contribution in [0.5, 0.6) is 0 Å². The smallest absolute Gasteiger partial charge is 0.307 e. The van der Waals surface area contributed by atoms with Gasteiger partial charge < -0.3 is 5.32 Å². The highest BCUT2D eigenvalue weighted by molar-refractivity contribution is 5.94. The quantitative estimate of drug-likeness (QED) is 0.647. The van der Waals surface area contributed by atoms with Gasteiger partial charge in [-0.15, -0.1) is 5.53 Å². The first kappa shape index (κ1) is 17.3. The number of hydrazine groups is 2. The van der Waals surface area contributed by atoms with E-state index in [2.05, 4.69) is 21.7 Å². The van der Waals surface area contributed by atoms with Gasteiger partial charge in [-0.1, -0.05) is 24.3 Å². The Labute approximate surface area is 135 Å². The molecule has 2 rings (SSSR count). The highest BCUT2D eigenvalue weighted by Crippen LogP contribution is 2.30. The minimum atomic E-state index is -4.50. The van der Waals surface area contributed by atoms with Crippen molar-refractivity contribution in [2.24, 2.45) is 0 Å². The fourth-order valence-electron chi connectivity index (χ4n) is 1.74. The average molecular weight is 338 g/mol. The summed E-state index contributed by atoms with van der Waals surface area (Å²) in [6, 6.07) is 11.5. The summed E-state index contributed by atoms with van der Waals surface area (Å²) in [6.07, 6.45) is -4.50. The second kappa shape index (κ2) is 7.47. The number of alkyl halides is 3. The molecule has 0 saturated heterocycles. The van der Waals surface area contributed by atoms with Gasteiger partial charge in [-0.25, -0.2) is 4.79 Å². The molecule has 0 aliphatic carbocycles. The molecule has 0 unspecified atom stereocenters. The van der Waals surface area contributed by atoms with Gasteiger partial charge in [-0.05, 0) is 30.3 Å². The Hall–Kier alpha value is -3.07. The Bertz CT molecular complexity index is 720. The molecule has 6 nitrogen and oxygen atoms in total. The molecule has 0 aromatic heterocycles. The number of urea groups is 1. The molecule has 0 atom stereocenters. The minimum absolute atomic E-state index is 0.0430. The number of nitrogens with one attached hydrogen (secondary N) is 4. The van der Waals surface area contributed by atoms with Crippen LogP contribution < -0.4 is 21.7 Å². The third kappa shape index (κ3) is 4.99. The molecule has 2 aromatic rings. The largest absolute Gasteiger partial charge is 0.416 e. The molecule has 0 aliphatic rings. The molecule has 126 valence electrons. The molecule has 0 spiro atoms. The monoisotopic (exact) mass is 338 g/mol. The van der Waals surface area contributed by atoms with Gasteiger partial charge in [-0.3, -0.25) is 15.6 Å². The number of hydrogen-bond acceptors (Lipinski definition) is 3. The predicted molar refractivity (Wildman–Crippen MR) is 80.6 cm³/mol. The predicted octanol–water partition coefficient (Wildman–Crippen LogP) is 2.68. The molecular weight excluding hydrogens is 325 g/mol. The van der Waals surface area contributed by atoms with E-state index >= 15 is 0 Å². The summed E-state index contributed by atoms with van der Waals surface area (Å²) < 4.78 is 37.7. The summed E-state index contributed by atoms with van der Waals surface area (Å²) in [5, 5.41) is 2.20. The van der Waals surface area contributed by atoms with E-state index in [9.17, 15) is 22.8 Å². The summed E-state index contributed by atoms with van der Waals surface area (Å²) in [5.74, 6) is -0.491. The summed E-state index contributed by atoms with van der Waals surface area (Å²) in [7, 11) is 0. The van der Waals surface area contributed by atoms with E-state index in [0.29, 0.717) is 5.56 Å². The van der Waals surface area contributed by atoms with E-state index in [1.54, 1.807) is 30.3 Å². The number of carbonyl (C=O) groups excluding carboxylic acids is 2. The van der Waals surface area contributed by atoms with Gasteiger partial charge in [0.25, 0.3) is 5.91 Å². The highest BCUT2D eigenvalue weighted by atomic mass is 19.4. The minimum Gasteiger partial charge on any atom is -0.307 e. The van der Waals surface area contributed by atoms with Crippen LogP contribution in [0.3, 0.4) is 0 Å². The number of halogens is 3. The lowest BCUT2D eigenvalue weighted by atomic mass is 10.2. The molecule has 24 heavy (non-hydrogen) atoms. The van der Waals surface area contributed by atoms with Crippen molar-refractivity contribution in [3.05, 3.63) is 65.7 Å². The Morgan fingerprint density at radius 3 is 2.25 bits per heavy atom. The average Bonchev–Trinajstić information content (AvgIpc) is 2.55. The van der Waals surface area contributed by atoms with E-state index < -0.39 is 23.7 Å². The van der Waals surface area contributed by atoms with Crippen molar-refractivity contribution in [2.75, 3.05) is 5.32 Å². The van der Waals surface area contributed by atoms with Crippen molar-refractivity contribution in [1.82, 2.24) is 16.4 Å². The van der Waals surface area contributed by atoms with Crippen molar-refractivity contribution >= 4 is 17.6 Å². The summed E-state index contributed by atoms with van der Waals surface area (Å²) in [5.41, 5.74) is 5.89. The molecule has 0 radical (unpaired) electrons. The van der Waals surface area contributed by atoms with Crippen LogP contribution in [-0.2, 0) is 6.18 Å². The molecule has 2 aromatic carbocycles. The zero-order valence-electron chi connectivity index (χ0n) is 12.1. The van der Waals surface area contributed by atoms with E-state index in [-0.39, 0.29) is 5.69 Å². The first-order valence-electron chi connectivity index (χ1n) is 6.71. The van der Waals surface area contributed by atoms with E-state index in [1.165, 1.54) is 12.1 Å². The number of amides is 3. The van der Waals surface area contributed by atoms with Crippen LogP contribution in [0.1, 0.15) is 15.9 Å². The molecule has 4 N–H and O–H groups in total. The lowest BCUT2D eigenvalue weighted by Gasteiger charge is -2.12. The second-order valence-corrected chi connectivity index (χ2v) is 4.60. The molecule has 0 fully saturated rings. The standard InChI is InChI=1S/C15H13F3N4O2/c16-15(17,18)11-7-4-8-12(9-11)19-14(24)21-22-20-13(23)10-5-2-1-3-6-10/h1-9,22H,(H,20,23)(H2,19,21,24). The first-order valence-corrected chi connectivity index (χ1v) is 6.71. The SMILES string of the molecule is O=C(NNNC(=O)c1ccccc1)Nc1cccc(C(F)(F)F)c1. The van der Waals surface area contributed by atoms with Crippen LogP contribution in [0, 0.1) is 0 Å². The Morgan fingerprint density at radius 1 is 0.875 bits per heavy atom. The van der Waals surface area contributed by atoms with Crippen molar-refractivity contribution in [3.63, 3.8) is 0 Å². The third-order valence-corrected chi connectivity index (χ3v) is 2.84. The summed E-state index contributed by atoms with van der Waals surface area (Å²) >= 11 is 0. The van der Waals surface area contributed by atoms with Gasteiger partial charge in [-0.2, -0.15) is 13.2 Å². The maximum absolute atomic E-state index is 12.6. The van der Waals surface area contributed by atoms with E-state index in [0.717, 1.165) is 12.1 Å². The third-order valence-electron chi connectivity index (χ3n) is 2.84. The van der Waals surface area contributed by atoms with Crippen LogP contribution in [0.4, 0.5) is 23.7 Å². The Balaban J connectivity index is 1.83. The van der Waals surface area contributed by atoms with Crippen LogP contribution in [0.2, 0.25) is 0 Å². The van der Waals surface area contributed by atoms with Gasteiger partial charge in [0.2, 0.25) is 0 Å². The highest BCUT2D eigenvalue weighted by Gasteiger charge is 2.30. The maximum atomic E-state index is 12.6. The van der Waals surface area contributed by atoms with E-state index in [1.807, 2.05) is 0 Å².